The van der Waals surface area contributed by atoms with Crippen LogP contribution in [0.15, 0.2) is 53.9 Å². The Kier molecular flexibility index (Phi) is 6.80. The number of aromatic nitrogens is 3. The van der Waals surface area contributed by atoms with Crippen molar-refractivity contribution in [2.24, 2.45) is 4.99 Å². The summed E-state index contributed by atoms with van der Waals surface area (Å²) in [7, 11) is 0. The molecule has 0 amide bonds. The van der Waals surface area contributed by atoms with Gasteiger partial charge in [0.1, 0.15) is 6.10 Å². The van der Waals surface area contributed by atoms with Crippen LogP contribution < -0.4 is 10.6 Å². The molecule has 27 heavy (non-hydrogen) atoms. The maximum Gasteiger partial charge on any atom is 0.191 e. The summed E-state index contributed by atoms with van der Waals surface area (Å²) in [5, 5.41) is 20.8. The second kappa shape index (κ2) is 9.50. The molecule has 9 heteroatoms. The van der Waals surface area contributed by atoms with Gasteiger partial charge in [0.05, 0.1) is 10.9 Å². The van der Waals surface area contributed by atoms with Crippen LogP contribution in [0.4, 0.5) is 0 Å². The number of rotatable bonds is 7. The summed E-state index contributed by atoms with van der Waals surface area (Å²) in [5.74, 6) is 1.38. The van der Waals surface area contributed by atoms with Gasteiger partial charge in [0, 0.05) is 36.6 Å². The van der Waals surface area contributed by atoms with Crippen molar-refractivity contribution in [3.63, 3.8) is 0 Å². The Morgan fingerprint density at radius 3 is 2.93 bits per heavy atom. The van der Waals surface area contributed by atoms with E-state index >= 15 is 0 Å². The average molecular weight is 405 g/mol. The number of thiophene rings is 1. The molecule has 0 aromatic carbocycles. The van der Waals surface area contributed by atoms with E-state index < -0.39 is 6.10 Å². The Bertz CT molecular complexity index is 880. The van der Waals surface area contributed by atoms with Crippen LogP contribution >= 0.6 is 22.9 Å². The number of hydrogen-bond acceptors (Lipinski definition) is 5. The Hall–Kier alpha value is -2.42. The molecule has 1 unspecified atom stereocenters. The van der Waals surface area contributed by atoms with Crippen LogP contribution in [0.3, 0.4) is 0 Å². The molecular weight excluding hydrogens is 384 g/mol. The van der Waals surface area contributed by atoms with Crippen molar-refractivity contribution in [3.8, 4) is 5.82 Å². The van der Waals surface area contributed by atoms with Crippen LogP contribution in [-0.2, 0) is 6.54 Å². The van der Waals surface area contributed by atoms with Gasteiger partial charge in [-0.05, 0) is 42.8 Å². The molecule has 0 aliphatic heterocycles. The monoisotopic (exact) mass is 404 g/mol. The molecule has 0 aliphatic rings. The number of guanidine groups is 1. The molecule has 3 rings (SSSR count). The first-order valence-electron chi connectivity index (χ1n) is 8.56. The first kappa shape index (κ1) is 19.3. The maximum absolute atomic E-state index is 10.3. The highest BCUT2D eigenvalue weighted by molar-refractivity contribution is 7.16. The summed E-state index contributed by atoms with van der Waals surface area (Å²) in [4.78, 5) is 9.72. The minimum absolute atomic E-state index is 0.345. The number of halogens is 1. The topological polar surface area (TPSA) is 87.4 Å². The SMILES string of the molecule is CCNC(=NCc1ccnc(-n2cccn2)c1)NCC(O)c1ccc(Cl)s1. The molecule has 0 saturated heterocycles. The summed E-state index contributed by atoms with van der Waals surface area (Å²) in [6.45, 7) is 3.54. The van der Waals surface area contributed by atoms with E-state index in [-0.39, 0.29) is 0 Å². The van der Waals surface area contributed by atoms with E-state index in [0.717, 1.165) is 22.8 Å². The van der Waals surface area contributed by atoms with Crippen LogP contribution in [0.25, 0.3) is 5.82 Å². The lowest BCUT2D eigenvalue weighted by Crippen LogP contribution is -2.39. The highest BCUT2D eigenvalue weighted by Crippen LogP contribution is 2.26. The van der Waals surface area contributed by atoms with Crippen LogP contribution in [0.1, 0.15) is 23.5 Å². The molecule has 0 saturated carbocycles. The summed E-state index contributed by atoms with van der Waals surface area (Å²) >= 11 is 7.30. The zero-order valence-electron chi connectivity index (χ0n) is 14.8. The largest absolute Gasteiger partial charge is 0.386 e. The lowest BCUT2D eigenvalue weighted by atomic mass is 10.2. The van der Waals surface area contributed by atoms with Crippen LogP contribution in [0.5, 0.6) is 0 Å². The lowest BCUT2D eigenvalue weighted by Gasteiger charge is -2.14. The molecule has 0 bridgehead atoms. The van der Waals surface area contributed by atoms with E-state index in [1.54, 1.807) is 23.1 Å². The van der Waals surface area contributed by atoms with Crippen LogP contribution in [0, 0.1) is 0 Å². The van der Waals surface area contributed by atoms with E-state index in [0.29, 0.717) is 23.4 Å². The molecule has 0 fully saturated rings. The smallest absolute Gasteiger partial charge is 0.191 e. The second-order valence-electron chi connectivity index (χ2n) is 5.71. The van der Waals surface area contributed by atoms with Gasteiger partial charge in [0.2, 0.25) is 0 Å². The van der Waals surface area contributed by atoms with Gasteiger partial charge in [-0.15, -0.1) is 11.3 Å². The maximum atomic E-state index is 10.3. The van der Waals surface area contributed by atoms with Gasteiger partial charge < -0.3 is 15.7 Å². The fraction of sp³-hybridized carbons (Fsp3) is 0.278. The van der Waals surface area contributed by atoms with Crippen molar-refractivity contribution in [2.45, 2.75) is 19.6 Å². The number of pyridine rings is 1. The van der Waals surface area contributed by atoms with Gasteiger partial charge in [0.25, 0.3) is 0 Å². The number of aliphatic imine (C=N–C) groups is 1. The van der Waals surface area contributed by atoms with Crippen molar-refractivity contribution in [2.75, 3.05) is 13.1 Å². The van der Waals surface area contributed by atoms with E-state index in [2.05, 4.69) is 25.7 Å². The molecule has 3 aromatic heterocycles. The minimum atomic E-state index is -0.640. The Morgan fingerprint density at radius 2 is 2.22 bits per heavy atom. The normalized spacial score (nSPS) is 12.8. The summed E-state index contributed by atoms with van der Waals surface area (Å²) in [5.41, 5.74) is 1.01. The fourth-order valence-electron chi connectivity index (χ4n) is 2.40. The predicted octanol–water partition coefficient (Wildman–Crippen LogP) is 2.77. The Balaban J connectivity index is 1.62. The van der Waals surface area contributed by atoms with Gasteiger partial charge in [-0.3, -0.25) is 0 Å². The van der Waals surface area contributed by atoms with Crippen molar-refractivity contribution in [1.82, 2.24) is 25.4 Å². The predicted molar refractivity (Wildman–Crippen MR) is 108 cm³/mol. The first-order chi connectivity index (χ1) is 13.2. The number of aliphatic hydroxyl groups excluding tert-OH is 1. The van der Waals surface area contributed by atoms with E-state index in [1.807, 2.05) is 37.4 Å². The highest BCUT2D eigenvalue weighted by Gasteiger charge is 2.11. The average Bonchev–Trinajstić information content (AvgIpc) is 3.36. The number of nitrogens with one attached hydrogen (secondary N) is 2. The van der Waals surface area contributed by atoms with Crippen LogP contribution in [0.2, 0.25) is 4.34 Å². The van der Waals surface area contributed by atoms with Gasteiger partial charge >= 0.3 is 0 Å². The number of nitrogens with zero attached hydrogens (tertiary/aromatic N) is 4. The molecule has 7 nitrogen and oxygen atoms in total. The summed E-state index contributed by atoms with van der Waals surface area (Å²) in [6.07, 6.45) is 4.66. The third kappa shape index (κ3) is 5.53. The molecule has 3 aromatic rings. The highest BCUT2D eigenvalue weighted by atomic mass is 35.5. The van der Waals surface area contributed by atoms with Crippen LogP contribution in [-0.4, -0.2) is 38.9 Å². The number of aliphatic hydroxyl groups is 1. The first-order valence-corrected chi connectivity index (χ1v) is 9.75. The molecule has 0 radical (unpaired) electrons. The van der Waals surface area contributed by atoms with E-state index in [1.165, 1.54) is 11.3 Å². The third-order valence-corrected chi connectivity index (χ3v) is 5.03. The zero-order valence-corrected chi connectivity index (χ0v) is 16.4. The van der Waals surface area contributed by atoms with Crippen molar-refractivity contribution >= 4 is 28.9 Å². The van der Waals surface area contributed by atoms with Gasteiger partial charge in [-0.1, -0.05) is 11.6 Å². The number of hydrogen-bond donors (Lipinski definition) is 3. The van der Waals surface area contributed by atoms with E-state index in [9.17, 15) is 5.11 Å². The zero-order chi connectivity index (χ0) is 19.1. The van der Waals surface area contributed by atoms with Gasteiger partial charge in [0.15, 0.2) is 11.8 Å². The quantitative estimate of drug-likeness (QED) is 0.416. The molecule has 142 valence electrons. The molecule has 0 spiro atoms. The van der Waals surface area contributed by atoms with Gasteiger partial charge in [-0.2, -0.15) is 5.10 Å². The van der Waals surface area contributed by atoms with Crippen molar-refractivity contribution in [3.05, 3.63) is 63.7 Å². The molecule has 0 aliphatic carbocycles. The summed E-state index contributed by atoms with van der Waals surface area (Å²) in [6, 6.07) is 9.33. The minimum Gasteiger partial charge on any atom is -0.386 e. The Labute approximate surface area is 166 Å². The lowest BCUT2D eigenvalue weighted by molar-refractivity contribution is 0.184. The third-order valence-electron chi connectivity index (χ3n) is 3.70. The molecule has 3 heterocycles. The van der Waals surface area contributed by atoms with E-state index in [4.69, 9.17) is 11.6 Å². The standard InChI is InChI=1S/C18H21ClN6OS/c1-2-20-18(23-12-14(26)15-4-5-16(19)27-15)22-11-13-6-8-21-17(10-13)25-9-3-7-24-25/h3-10,14,26H,2,11-12H2,1H3,(H2,20,22,23). The molecule has 1 atom stereocenters. The second-order valence-corrected chi connectivity index (χ2v) is 7.45. The molecular formula is C18H21ClN6OS. The van der Waals surface area contributed by atoms with Crippen molar-refractivity contribution in [1.29, 1.82) is 0 Å². The molecule has 3 N–H and O–H groups in total. The summed E-state index contributed by atoms with van der Waals surface area (Å²) < 4.78 is 2.37. The van der Waals surface area contributed by atoms with Crippen molar-refractivity contribution < 1.29 is 5.11 Å². The van der Waals surface area contributed by atoms with Gasteiger partial charge in [-0.25, -0.2) is 14.7 Å². The fourth-order valence-corrected chi connectivity index (χ4v) is 3.45. The Morgan fingerprint density at radius 1 is 1.33 bits per heavy atom.